The van der Waals surface area contributed by atoms with Crippen LogP contribution in [0.25, 0.3) is 10.8 Å². The first-order chi connectivity index (χ1) is 12.6. The first-order valence-corrected chi connectivity index (χ1v) is 8.35. The van der Waals surface area contributed by atoms with Gasteiger partial charge in [0.2, 0.25) is 0 Å². The standard InChI is InChI=1S/C20H16ClN3O2/c21-17-9-4-7-15(11-17)20(26)22-13-19(25)24-23-12-16-8-3-6-14-5-1-2-10-18(14)16/h1-12H,13H2,(H,22,26)(H,24,25)/b23-12-. The lowest BCUT2D eigenvalue weighted by Gasteiger charge is -2.05. The molecule has 0 atom stereocenters. The molecule has 5 nitrogen and oxygen atoms in total. The Labute approximate surface area is 155 Å². The average Bonchev–Trinajstić information content (AvgIpc) is 2.66. The molecular formula is C20H16ClN3O2. The fraction of sp³-hybridized carbons (Fsp3) is 0.0500. The van der Waals surface area contributed by atoms with E-state index in [2.05, 4.69) is 15.8 Å². The number of halogens is 1. The van der Waals surface area contributed by atoms with Gasteiger partial charge in [0.05, 0.1) is 12.8 Å². The zero-order valence-corrected chi connectivity index (χ0v) is 14.5. The Bertz CT molecular complexity index is 980. The van der Waals surface area contributed by atoms with Gasteiger partial charge in [0.1, 0.15) is 0 Å². The van der Waals surface area contributed by atoms with Crippen LogP contribution in [0.5, 0.6) is 0 Å². The molecule has 6 heteroatoms. The summed E-state index contributed by atoms with van der Waals surface area (Å²) in [5.74, 6) is -0.794. The SMILES string of the molecule is O=C(CNC(=O)c1cccc(Cl)c1)N/N=C\c1cccc2ccccc12. The van der Waals surface area contributed by atoms with E-state index in [4.69, 9.17) is 11.6 Å². The Kier molecular flexibility index (Phi) is 5.61. The van der Waals surface area contributed by atoms with Crippen LogP contribution in [0.1, 0.15) is 15.9 Å². The molecule has 3 rings (SSSR count). The fourth-order valence-corrected chi connectivity index (χ4v) is 2.66. The van der Waals surface area contributed by atoms with Crippen LogP contribution in [0, 0.1) is 0 Å². The van der Waals surface area contributed by atoms with Crippen molar-refractivity contribution in [2.75, 3.05) is 6.54 Å². The molecule has 0 spiro atoms. The third-order valence-corrected chi connectivity index (χ3v) is 3.95. The highest BCUT2D eigenvalue weighted by atomic mass is 35.5. The first-order valence-electron chi connectivity index (χ1n) is 7.97. The normalized spacial score (nSPS) is 10.8. The third kappa shape index (κ3) is 4.46. The summed E-state index contributed by atoms with van der Waals surface area (Å²) < 4.78 is 0. The molecule has 0 aliphatic heterocycles. The van der Waals surface area contributed by atoms with Gasteiger partial charge in [-0.2, -0.15) is 5.10 Å². The molecule has 0 bridgehead atoms. The summed E-state index contributed by atoms with van der Waals surface area (Å²) in [6, 6.07) is 20.3. The smallest absolute Gasteiger partial charge is 0.259 e. The van der Waals surface area contributed by atoms with Gasteiger partial charge < -0.3 is 5.32 Å². The minimum Gasteiger partial charge on any atom is -0.343 e. The summed E-state index contributed by atoms with van der Waals surface area (Å²) in [4.78, 5) is 23.8. The van der Waals surface area contributed by atoms with E-state index in [1.165, 1.54) is 6.07 Å². The maximum atomic E-state index is 12.0. The summed E-state index contributed by atoms with van der Waals surface area (Å²) >= 11 is 5.84. The van der Waals surface area contributed by atoms with Gasteiger partial charge >= 0.3 is 0 Å². The van der Waals surface area contributed by atoms with Crippen LogP contribution in [-0.2, 0) is 4.79 Å². The first kappa shape index (κ1) is 17.6. The van der Waals surface area contributed by atoms with Crippen LogP contribution in [-0.4, -0.2) is 24.6 Å². The Morgan fingerprint density at radius 1 is 1.00 bits per heavy atom. The zero-order chi connectivity index (χ0) is 18.4. The highest BCUT2D eigenvalue weighted by Crippen LogP contribution is 2.16. The molecule has 2 N–H and O–H groups in total. The van der Waals surface area contributed by atoms with Crippen molar-refractivity contribution in [1.29, 1.82) is 0 Å². The highest BCUT2D eigenvalue weighted by Gasteiger charge is 2.07. The third-order valence-electron chi connectivity index (χ3n) is 3.71. The second kappa shape index (κ2) is 8.27. The molecule has 0 unspecified atom stereocenters. The van der Waals surface area contributed by atoms with Crippen molar-refractivity contribution in [2.45, 2.75) is 0 Å². The molecule has 26 heavy (non-hydrogen) atoms. The molecule has 3 aromatic carbocycles. The number of hydrogen-bond donors (Lipinski definition) is 2. The molecule has 0 aliphatic carbocycles. The molecule has 0 aromatic heterocycles. The van der Waals surface area contributed by atoms with Gasteiger partial charge in [0, 0.05) is 16.1 Å². The lowest BCUT2D eigenvalue weighted by Crippen LogP contribution is -2.34. The molecule has 130 valence electrons. The van der Waals surface area contributed by atoms with E-state index in [-0.39, 0.29) is 12.5 Å². The predicted octanol–water partition coefficient (Wildman–Crippen LogP) is 3.37. The molecule has 0 heterocycles. The second-order valence-electron chi connectivity index (χ2n) is 5.55. The van der Waals surface area contributed by atoms with E-state index >= 15 is 0 Å². The van der Waals surface area contributed by atoms with Gasteiger partial charge in [-0.25, -0.2) is 5.43 Å². The van der Waals surface area contributed by atoms with E-state index in [1.54, 1.807) is 24.4 Å². The maximum absolute atomic E-state index is 12.0. The van der Waals surface area contributed by atoms with Crippen molar-refractivity contribution in [3.63, 3.8) is 0 Å². The van der Waals surface area contributed by atoms with Crippen molar-refractivity contribution < 1.29 is 9.59 Å². The summed E-state index contributed by atoms with van der Waals surface area (Å²) in [7, 11) is 0. The lowest BCUT2D eigenvalue weighted by atomic mass is 10.1. The maximum Gasteiger partial charge on any atom is 0.259 e. The Morgan fingerprint density at radius 2 is 1.77 bits per heavy atom. The van der Waals surface area contributed by atoms with Gasteiger partial charge in [-0.3, -0.25) is 9.59 Å². The van der Waals surface area contributed by atoms with Crippen LogP contribution in [0.15, 0.2) is 71.8 Å². The number of nitrogens with zero attached hydrogens (tertiary/aromatic N) is 1. The number of benzene rings is 3. The monoisotopic (exact) mass is 365 g/mol. The lowest BCUT2D eigenvalue weighted by molar-refractivity contribution is -0.120. The van der Waals surface area contributed by atoms with Crippen LogP contribution >= 0.6 is 11.6 Å². The van der Waals surface area contributed by atoms with Crippen LogP contribution < -0.4 is 10.7 Å². The number of carbonyl (C=O) groups is 2. The Hall–Kier alpha value is -3.18. The topological polar surface area (TPSA) is 70.6 Å². The van der Waals surface area contributed by atoms with E-state index in [0.717, 1.165) is 16.3 Å². The molecule has 3 aromatic rings. The summed E-state index contributed by atoms with van der Waals surface area (Å²) in [6.07, 6.45) is 1.58. The zero-order valence-electron chi connectivity index (χ0n) is 13.8. The van der Waals surface area contributed by atoms with Crippen molar-refractivity contribution in [3.05, 3.63) is 82.9 Å². The molecule has 0 saturated heterocycles. The van der Waals surface area contributed by atoms with E-state index in [1.807, 2.05) is 42.5 Å². The number of carbonyl (C=O) groups excluding carboxylic acids is 2. The minimum absolute atomic E-state index is 0.182. The van der Waals surface area contributed by atoms with Gasteiger partial charge in [0.25, 0.3) is 11.8 Å². The molecule has 2 amide bonds. The van der Waals surface area contributed by atoms with Gasteiger partial charge in [0.15, 0.2) is 0 Å². The van der Waals surface area contributed by atoms with Gasteiger partial charge in [-0.05, 0) is 29.0 Å². The summed E-state index contributed by atoms with van der Waals surface area (Å²) in [6.45, 7) is -0.182. The van der Waals surface area contributed by atoms with Crippen LogP contribution in [0.2, 0.25) is 5.02 Å². The molecule has 0 aliphatic rings. The Balaban J connectivity index is 1.55. The van der Waals surface area contributed by atoms with Crippen molar-refractivity contribution in [2.24, 2.45) is 5.10 Å². The summed E-state index contributed by atoms with van der Waals surface area (Å²) in [5, 5.41) is 9.08. The Morgan fingerprint density at radius 3 is 2.62 bits per heavy atom. The number of hydrazone groups is 1. The second-order valence-corrected chi connectivity index (χ2v) is 5.99. The molecule has 0 saturated carbocycles. The molecule has 0 fully saturated rings. The van der Waals surface area contributed by atoms with Crippen molar-refractivity contribution >= 4 is 40.4 Å². The van der Waals surface area contributed by atoms with Crippen LogP contribution in [0.3, 0.4) is 0 Å². The number of nitrogens with one attached hydrogen (secondary N) is 2. The van der Waals surface area contributed by atoms with Gasteiger partial charge in [-0.1, -0.05) is 60.1 Å². The average molecular weight is 366 g/mol. The highest BCUT2D eigenvalue weighted by molar-refractivity contribution is 6.31. The number of hydrogen-bond acceptors (Lipinski definition) is 3. The van der Waals surface area contributed by atoms with Crippen molar-refractivity contribution in [3.8, 4) is 0 Å². The largest absolute Gasteiger partial charge is 0.343 e. The fourth-order valence-electron chi connectivity index (χ4n) is 2.47. The number of amides is 2. The predicted molar refractivity (Wildman–Crippen MR) is 103 cm³/mol. The molecule has 0 radical (unpaired) electrons. The van der Waals surface area contributed by atoms with E-state index in [0.29, 0.717) is 10.6 Å². The van der Waals surface area contributed by atoms with Gasteiger partial charge in [-0.15, -0.1) is 0 Å². The number of rotatable bonds is 5. The minimum atomic E-state index is -0.420. The van der Waals surface area contributed by atoms with Crippen molar-refractivity contribution in [1.82, 2.24) is 10.7 Å². The summed E-state index contributed by atoms with van der Waals surface area (Å²) in [5.41, 5.74) is 3.69. The van der Waals surface area contributed by atoms with Crippen LogP contribution in [0.4, 0.5) is 0 Å². The quantitative estimate of drug-likeness (QED) is 0.537. The molecular weight excluding hydrogens is 350 g/mol. The van der Waals surface area contributed by atoms with E-state index < -0.39 is 5.91 Å². The number of fused-ring (bicyclic) bond motifs is 1. The van der Waals surface area contributed by atoms with E-state index in [9.17, 15) is 9.59 Å².